The molecule has 5 nitrogen and oxygen atoms in total. The van der Waals surface area contributed by atoms with E-state index in [0.717, 1.165) is 16.8 Å². The predicted octanol–water partition coefficient (Wildman–Crippen LogP) is 3.57. The van der Waals surface area contributed by atoms with E-state index in [1.54, 1.807) is 18.5 Å². The molecule has 25 heavy (non-hydrogen) atoms. The Balaban J connectivity index is 1.75. The van der Waals surface area contributed by atoms with Gasteiger partial charge in [0.15, 0.2) is 0 Å². The summed E-state index contributed by atoms with van der Waals surface area (Å²) in [6.45, 7) is 6.01. The molecule has 0 saturated heterocycles. The van der Waals surface area contributed by atoms with Crippen molar-refractivity contribution in [3.63, 3.8) is 0 Å². The van der Waals surface area contributed by atoms with Crippen molar-refractivity contribution in [2.45, 2.75) is 33.1 Å². The van der Waals surface area contributed by atoms with Gasteiger partial charge in [0, 0.05) is 30.4 Å². The van der Waals surface area contributed by atoms with Gasteiger partial charge in [-0.05, 0) is 36.2 Å². The molecule has 0 radical (unpaired) electrons. The van der Waals surface area contributed by atoms with Crippen molar-refractivity contribution in [3.05, 3.63) is 83.2 Å². The summed E-state index contributed by atoms with van der Waals surface area (Å²) in [5.41, 5.74) is 3.61. The summed E-state index contributed by atoms with van der Waals surface area (Å²) in [5, 5.41) is 0. The molecular weight excluding hydrogens is 314 g/mol. The lowest BCUT2D eigenvalue weighted by Crippen LogP contribution is -2.22. The van der Waals surface area contributed by atoms with Crippen molar-refractivity contribution in [3.8, 4) is 0 Å². The number of nitrogens with zero attached hydrogens (tertiary/aromatic N) is 3. The molecule has 0 bridgehead atoms. The minimum atomic E-state index is -0.404. The Morgan fingerprint density at radius 2 is 2.04 bits per heavy atom. The van der Waals surface area contributed by atoms with Crippen LogP contribution in [0.4, 0.5) is 0 Å². The zero-order valence-corrected chi connectivity index (χ0v) is 14.6. The fourth-order valence-electron chi connectivity index (χ4n) is 2.55. The zero-order chi connectivity index (χ0) is 17.8. The van der Waals surface area contributed by atoms with Crippen molar-refractivity contribution in [2.24, 2.45) is 0 Å². The van der Waals surface area contributed by atoms with E-state index in [4.69, 9.17) is 4.84 Å². The third-order valence-electron chi connectivity index (χ3n) is 3.85. The molecule has 0 spiro atoms. The Hall–Kier alpha value is -2.95. The first-order chi connectivity index (χ1) is 12.0. The highest BCUT2D eigenvalue weighted by molar-refractivity contribution is 5.89. The standard InChI is InChI=1S/C20H21N3O2/c1-14(2)19-21-9-10-23(19)25-20(24)17-6-4-5-16(11-17)12-18-8-7-15(3)13-22-18/h4-11,13-14H,12H2,1-3H3. The molecule has 3 aromatic rings. The summed E-state index contributed by atoms with van der Waals surface area (Å²) in [7, 11) is 0. The minimum Gasteiger partial charge on any atom is -0.330 e. The highest BCUT2D eigenvalue weighted by Gasteiger charge is 2.14. The first kappa shape index (κ1) is 16.9. The Labute approximate surface area is 147 Å². The van der Waals surface area contributed by atoms with E-state index in [9.17, 15) is 4.79 Å². The molecule has 2 aromatic heterocycles. The smallest absolute Gasteiger partial charge is 0.330 e. The summed E-state index contributed by atoms with van der Waals surface area (Å²) < 4.78 is 1.43. The van der Waals surface area contributed by atoms with Crippen LogP contribution in [0.15, 0.2) is 55.0 Å². The van der Waals surface area contributed by atoms with Crippen LogP contribution in [0.1, 0.15) is 52.8 Å². The maximum absolute atomic E-state index is 12.4. The van der Waals surface area contributed by atoms with Gasteiger partial charge in [0.25, 0.3) is 0 Å². The Morgan fingerprint density at radius 1 is 1.20 bits per heavy atom. The van der Waals surface area contributed by atoms with Gasteiger partial charge in [-0.25, -0.2) is 9.78 Å². The molecule has 0 aliphatic carbocycles. The lowest BCUT2D eigenvalue weighted by Gasteiger charge is -2.10. The monoisotopic (exact) mass is 335 g/mol. The minimum absolute atomic E-state index is 0.168. The van der Waals surface area contributed by atoms with E-state index in [2.05, 4.69) is 9.97 Å². The van der Waals surface area contributed by atoms with Crippen LogP contribution in [0.5, 0.6) is 0 Å². The molecule has 0 N–H and O–H groups in total. The molecule has 3 rings (SSSR count). The first-order valence-corrected chi connectivity index (χ1v) is 8.29. The molecule has 0 atom stereocenters. The molecule has 0 unspecified atom stereocenters. The molecule has 1 aromatic carbocycles. The number of rotatable bonds is 5. The fourth-order valence-corrected chi connectivity index (χ4v) is 2.55. The average Bonchev–Trinajstić information content (AvgIpc) is 3.05. The van der Waals surface area contributed by atoms with Crippen molar-refractivity contribution >= 4 is 5.97 Å². The van der Waals surface area contributed by atoms with Gasteiger partial charge >= 0.3 is 5.97 Å². The molecule has 128 valence electrons. The van der Waals surface area contributed by atoms with Crippen LogP contribution in [-0.2, 0) is 6.42 Å². The molecule has 0 saturated carbocycles. The van der Waals surface area contributed by atoms with Crippen molar-refractivity contribution in [1.82, 2.24) is 14.7 Å². The molecule has 0 aliphatic rings. The van der Waals surface area contributed by atoms with Gasteiger partial charge in [-0.1, -0.05) is 32.0 Å². The van der Waals surface area contributed by atoms with Crippen LogP contribution >= 0.6 is 0 Å². The number of pyridine rings is 1. The number of aryl methyl sites for hydroxylation is 1. The Kier molecular flexibility index (Phi) is 4.93. The number of benzene rings is 1. The topological polar surface area (TPSA) is 57.0 Å². The van der Waals surface area contributed by atoms with E-state index in [1.807, 2.05) is 57.3 Å². The van der Waals surface area contributed by atoms with Crippen molar-refractivity contribution in [2.75, 3.05) is 0 Å². The predicted molar refractivity (Wildman–Crippen MR) is 95.4 cm³/mol. The lowest BCUT2D eigenvalue weighted by atomic mass is 10.1. The second-order valence-electron chi connectivity index (χ2n) is 6.35. The fraction of sp³-hybridized carbons (Fsp3) is 0.250. The molecular formula is C20H21N3O2. The maximum Gasteiger partial charge on any atom is 0.363 e. The zero-order valence-electron chi connectivity index (χ0n) is 14.6. The van der Waals surface area contributed by atoms with Gasteiger partial charge in [-0.3, -0.25) is 4.98 Å². The number of imidazole rings is 1. The number of carbonyl (C=O) groups excluding carboxylic acids is 1. The van der Waals surface area contributed by atoms with Gasteiger partial charge in [0.05, 0.1) is 11.8 Å². The molecule has 0 aliphatic heterocycles. The number of hydrogen-bond acceptors (Lipinski definition) is 4. The normalized spacial score (nSPS) is 10.9. The van der Waals surface area contributed by atoms with Crippen LogP contribution in [0, 0.1) is 6.92 Å². The van der Waals surface area contributed by atoms with Crippen LogP contribution in [-0.4, -0.2) is 20.7 Å². The number of aromatic nitrogens is 3. The summed E-state index contributed by atoms with van der Waals surface area (Å²) in [6.07, 6.45) is 5.79. The van der Waals surface area contributed by atoms with Gasteiger partial charge in [0.2, 0.25) is 0 Å². The third-order valence-corrected chi connectivity index (χ3v) is 3.85. The molecule has 0 amide bonds. The van der Waals surface area contributed by atoms with E-state index >= 15 is 0 Å². The summed E-state index contributed by atoms with van der Waals surface area (Å²) >= 11 is 0. The van der Waals surface area contributed by atoms with Gasteiger partial charge in [0.1, 0.15) is 5.82 Å². The van der Waals surface area contributed by atoms with Gasteiger partial charge in [-0.15, -0.1) is 0 Å². The molecule has 2 heterocycles. The van der Waals surface area contributed by atoms with E-state index in [-0.39, 0.29) is 5.92 Å². The second-order valence-corrected chi connectivity index (χ2v) is 6.35. The SMILES string of the molecule is Cc1ccc(Cc2cccc(C(=O)On3ccnc3C(C)C)c2)nc1. The van der Waals surface area contributed by atoms with Crippen molar-refractivity contribution in [1.29, 1.82) is 0 Å². The maximum atomic E-state index is 12.4. The van der Waals surface area contributed by atoms with Crippen LogP contribution in [0.2, 0.25) is 0 Å². The summed E-state index contributed by atoms with van der Waals surface area (Å²) in [5.74, 6) is 0.480. The van der Waals surface area contributed by atoms with Gasteiger partial charge < -0.3 is 4.84 Å². The highest BCUT2D eigenvalue weighted by atomic mass is 16.7. The summed E-state index contributed by atoms with van der Waals surface area (Å²) in [4.78, 5) is 26.5. The number of carbonyl (C=O) groups is 1. The molecule has 0 fully saturated rings. The number of hydrogen-bond donors (Lipinski definition) is 0. The van der Waals surface area contributed by atoms with Crippen LogP contribution in [0.3, 0.4) is 0 Å². The highest BCUT2D eigenvalue weighted by Crippen LogP contribution is 2.13. The average molecular weight is 335 g/mol. The Bertz CT molecular complexity index is 867. The second kappa shape index (κ2) is 7.30. The Morgan fingerprint density at radius 3 is 2.76 bits per heavy atom. The molecule has 5 heteroatoms. The van der Waals surface area contributed by atoms with Crippen LogP contribution < -0.4 is 4.84 Å². The van der Waals surface area contributed by atoms with E-state index in [1.165, 1.54) is 4.73 Å². The van der Waals surface area contributed by atoms with E-state index in [0.29, 0.717) is 17.8 Å². The lowest BCUT2D eigenvalue weighted by molar-refractivity contribution is 0.0442. The summed E-state index contributed by atoms with van der Waals surface area (Å²) in [6, 6.07) is 11.5. The third kappa shape index (κ3) is 4.12. The largest absolute Gasteiger partial charge is 0.363 e. The van der Waals surface area contributed by atoms with E-state index < -0.39 is 5.97 Å². The van der Waals surface area contributed by atoms with Crippen LogP contribution in [0.25, 0.3) is 0 Å². The van der Waals surface area contributed by atoms with Crippen molar-refractivity contribution < 1.29 is 9.63 Å². The van der Waals surface area contributed by atoms with Gasteiger partial charge in [-0.2, -0.15) is 4.73 Å². The first-order valence-electron chi connectivity index (χ1n) is 8.29. The quantitative estimate of drug-likeness (QED) is 0.715.